The molecule has 2 aliphatic heterocycles. The van der Waals surface area contributed by atoms with Gasteiger partial charge in [0.15, 0.2) is 0 Å². The number of ether oxygens (including phenoxy) is 1. The number of rotatable bonds is 2. The molecule has 1 fully saturated rings. The van der Waals surface area contributed by atoms with E-state index in [9.17, 15) is 0 Å². The van der Waals surface area contributed by atoms with Crippen molar-refractivity contribution in [2.75, 3.05) is 19.6 Å². The largest absolute Gasteiger partial charge is 0.488 e. The molecule has 0 spiro atoms. The number of fused-ring (bicyclic) bond motifs is 1. The van der Waals surface area contributed by atoms with E-state index in [1.165, 1.54) is 11.1 Å². The minimum Gasteiger partial charge on any atom is -0.488 e. The van der Waals surface area contributed by atoms with Crippen LogP contribution < -0.4 is 4.74 Å². The Bertz CT molecular complexity index is 462. The van der Waals surface area contributed by atoms with Crippen molar-refractivity contribution in [3.8, 4) is 5.75 Å². The van der Waals surface area contributed by atoms with E-state index in [1.807, 2.05) is 0 Å². The summed E-state index contributed by atoms with van der Waals surface area (Å²) >= 11 is 6.28. The van der Waals surface area contributed by atoms with Gasteiger partial charge in [-0.1, -0.05) is 24.6 Å². The summed E-state index contributed by atoms with van der Waals surface area (Å²) in [4.78, 5) is 2.51. The summed E-state index contributed by atoms with van der Waals surface area (Å²) in [5, 5.41) is 0.348. The molecular weight excluding hydrogens is 258 g/mol. The van der Waals surface area contributed by atoms with E-state index >= 15 is 0 Å². The van der Waals surface area contributed by atoms with Crippen LogP contribution in [0.4, 0.5) is 0 Å². The Hall–Kier alpha value is -0.730. The van der Waals surface area contributed by atoms with Gasteiger partial charge in [0.1, 0.15) is 11.9 Å². The molecule has 3 atom stereocenters. The fourth-order valence-electron chi connectivity index (χ4n) is 3.21. The van der Waals surface area contributed by atoms with Gasteiger partial charge in [-0.25, -0.2) is 0 Å². The Kier molecular flexibility index (Phi) is 3.72. The normalized spacial score (nSPS) is 31.0. The number of alkyl halides is 1. The lowest BCUT2D eigenvalue weighted by Gasteiger charge is -2.35. The Morgan fingerprint density at radius 3 is 3.05 bits per heavy atom. The molecule has 0 N–H and O–H groups in total. The highest BCUT2D eigenvalue weighted by Crippen LogP contribution is 2.30. The highest BCUT2D eigenvalue weighted by Gasteiger charge is 2.29. The van der Waals surface area contributed by atoms with E-state index < -0.39 is 0 Å². The molecule has 2 heterocycles. The smallest absolute Gasteiger partial charge is 0.123 e. The van der Waals surface area contributed by atoms with Crippen LogP contribution in [0.1, 0.15) is 24.5 Å². The minimum atomic E-state index is 0.316. The zero-order valence-electron chi connectivity index (χ0n) is 11.7. The standard InChI is InChI=1S/C16H22ClNO/c1-11-3-4-16-13(7-11)8-14(19-16)10-18-6-5-15(17)12(2)9-18/h3-4,7,12,14-15H,5-6,8-10H2,1-2H3. The van der Waals surface area contributed by atoms with Crippen molar-refractivity contribution in [1.82, 2.24) is 4.90 Å². The van der Waals surface area contributed by atoms with Crippen LogP contribution in [0.25, 0.3) is 0 Å². The van der Waals surface area contributed by atoms with E-state index in [-0.39, 0.29) is 0 Å². The average Bonchev–Trinajstić information content (AvgIpc) is 2.75. The van der Waals surface area contributed by atoms with Gasteiger partial charge in [0, 0.05) is 24.9 Å². The molecule has 0 saturated carbocycles. The van der Waals surface area contributed by atoms with E-state index in [1.54, 1.807) is 0 Å². The Morgan fingerprint density at radius 2 is 2.26 bits per heavy atom. The number of nitrogens with zero attached hydrogens (tertiary/aromatic N) is 1. The van der Waals surface area contributed by atoms with E-state index in [2.05, 4.69) is 36.9 Å². The highest BCUT2D eigenvalue weighted by molar-refractivity contribution is 6.20. The first kappa shape index (κ1) is 13.3. The highest BCUT2D eigenvalue weighted by atomic mass is 35.5. The van der Waals surface area contributed by atoms with Crippen molar-refractivity contribution >= 4 is 11.6 Å². The van der Waals surface area contributed by atoms with Crippen LogP contribution in [0.2, 0.25) is 0 Å². The number of hydrogen-bond donors (Lipinski definition) is 0. The maximum atomic E-state index is 6.28. The number of aryl methyl sites for hydroxylation is 1. The summed E-state index contributed by atoms with van der Waals surface area (Å²) in [6, 6.07) is 6.49. The van der Waals surface area contributed by atoms with Gasteiger partial charge in [0.2, 0.25) is 0 Å². The average molecular weight is 280 g/mol. The third-order valence-electron chi connectivity index (χ3n) is 4.30. The first-order valence-electron chi connectivity index (χ1n) is 7.24. The zero-order valence-corrected chi connectivity index (χ0v) is 12.5. The van der Waals surface area contributed by atoms with Crippen molar-refractivity contribution in [2.24, 2.45) is 5.92 Å². The molecule has 19 heavy (non-hydrogen) atoms. The van der Waals surface area contributed by atoms with Crippen molar-refractivity contribution in [3.05, 3.63) is 29.3 Å². The van der Waals surface area contributed by atoms with Crippen LogP contribution in [-0.4, -0.2) is 36.0 Å². The van der Waals surface area contributed by atoms with Crippen LogP contribution >= 0.6 is 11.6 Å². The quantitative estimate of drug-likeness (QED) is 0.771. The third-order valence-corrected chi connectivity index (χ3v) is 4.95. The van der Waals surface area contributed by atoms with Crippen LogP contribution in [-0.2, 0) is 6.42 Å². The van der Waals surface area contributed by atoms with Crippen molar-refractivity contribution in [3.63, 3.8) is 0 Å². The third kappa shape index (κ3) is 2.90. The molecule has 3 heteroatoms. The minimum absolute atomic E-state index is 0.316. The summed E-state index contributed by atoms with van der Waals surface area (Å²) in [6.07, 6.45) is 2.46. The first-order chi connectivity index (χ1) is 9.11. The van der Waals surface area contributed by atoms with Crippen LogP contribution in [0.3, 0.4) is 0 Å². The molecule has 2 aliphatic rings. The Morgan fingerprint density at radius 1 is 1.42 bits per heavy atom. The lowest BCUT2D eigenvalue weighted by Crippen LogP contribution is -2.44. The fraction of sp³-hybridized carbons (Fsp3) is 0.625. The Balaban J connectivity index is 1.59. The molecular formula is C16H22ClNO. The van der Waals surface area contributed by atoms with Gasteiger partial charge in [0.25, 0.3) is 0 Å². The van der Waals surface area contributed by atoms with Gasteiger partial charge in [-0.2, -0.15) is 0 Å². The molecule has 104 valence electrons. The van der Waals surface area contributed by atoms with Gasteiger partial charge < -0.3 is 4.74 Å². The number of hydrogen-bond acceptors (Lipinski definition) is 2. The monoisotopic (exact) mass is 279 g/mol. The van der Waals surface area contributed by atoms with Gasteiger partial charge in [-0.15, -0.1) is 11.6 Å². The van der Waals surface area contributed by atoms with Crippen molar-refractivity contribution in [1.29, 1.82) is 0 Å². The van der Waals surface area contributed by atoms with E-state index in [0.29, 0.717) is 17.4 Å². The molecule has 2 nitrogen and oxygen atoms in total. The number of likely N-dealkylation sites (tertiary alicyclic amines) is 1. The van der Waals surface area contributed by atoms with E-state index in [4.69, 9.17) is 16.3 Å². The van der Waals surface area contributed by atoms with Crippen LogP contribution in [0.15, 0.2) is 18.2 Å². The predicted octanol–water partition coefficient (Wildman–Crippen LogP) is 3.25. The van der Waals surface area contributed by atoms with Crippen molar-refractivity contribution < 1.29 is 4.74 Å². The van der Waals surface area contributed by atoms with Gasteiger partial charge in [0.05, 0.1) is 0 Å². The SMILES string of the molecule is Cc1ccc2c(c1)CC(CN1CCC(Cl)C(C)C1)O2. The summed E-state index contributed by atoms with van der Waals surface area (Å²) in [7, 11) is 0. The molecule has 1 aromatic rings. The first-order valence-corrected chi connectivity index (χ1v) is 7.68. The Labute approximate surface area is 120 Å². The summed E-state index contributed by atoms with van der Waals surface area (Å²) in [5.41, 5.74) is 2.69. The molecule has 0 aliphatic carbocycles. The topological polar surface area (TPSA) is 12.5 Å². The van der Waals surface area contributed by atoms with Crippen molar-refractivity contribution in [2.45, 2.75) is 38.2 Å². The second kappa shape index (κ2) is 5.34. The molecule has 0 aromatic heterocycles. The maximum Gasteiger partial charge on any atom is 0.123 e. The molecule has 1 aromatic carbocycles. The van der Waals surface area contributed by atoms with Gasteiger partial charge in [-0.05, 0) is 37.4 Å². The number of benzene rings is 1. The number of halogens is 1. The lowest BCUT2D eigenvalue weighted by atomic mass is 9.99. The van der Waals surface area contributed by atoms with Gasteiger partial charge >= 0.3 is 0 Å². The maximum absolute atomic E-state index is 6.28. The van der Waals surface area contributed by atoms with Gasteiger partial charge in [-0.3, -0.25) is 4.90 Å². The second-order valence-corrected chi connectivity index (χ2v) is 6.66. The zero-order chi connectivity index (χ0) is 13.4. The summed E-state index contributed by atoms with van der Waals surface area (Å²) < 4.78 is 6.05. The van der Waals surface area contributed by atoms with E-state index in [0.717, 1.165) is 38.2 Å². The summed E-state index contributed by atoms with van der Waals surface area (Å²) in [5.74, 6) is 1.66. The fourth-order valence-corrected chi connectivity index (χ4v) is 3.39. The molecule has 3 unspecified atom stereocenters. The molecule has 3 rings (SSSR count). The van der Waals surface area contributed by atoms with Crippen LogP contribution in [0.5, 0.6) is 5.75 Å². The van der Waals surface area contributed by atoms with Crippen LogP contribution in [0, 0.1) is 12.8 Å². The molecule has 0 radical (unpaired) electrons. The molecule has 0 bridgehead atoms. The lowest BCUT2D eigenvalue weighted by molar-refractivity contribution is 0.116. The molecule has 1 saturated heterocycles. The predicted molar refractivity (Wildman–Crippen MR) is 79.2 cm³/mol. The second-order valence-electron chi connectivity index (χ2n) is 6.10. The number of piperidine rings is 1. The molecule has 0 amide bonds. The summed E-state index contributed by atoms with van der Waals surface area (Å²) in [6.45, 7) is 7.62.